The minimum atomic E-state index is -4.06. The molecule has 6 nitrogen and oxygen atoms in total. The number of nitrogens with zero attached hydrogens (tertiary/aromatic N) is 2. The minimum absolute atomic E-state index is 0.0258. The summed E-state index contributed by atoms with van der Waals surface area (Å²) in [7, 11) is -2.60. The van der Waals surface area contributed by atoms with Crippen LogP contribution in [-0.4, -0.2) is 25.4 Å². The average Bonchev–Trinajstić information content (AvgIpc) is 3.07. The van der Waals surface area contributed by atoms with Crippen LogP contribution in [0.3, 0.4) is 0 Å². The maximum Gasteiger partial charge on any atom is 0.282 e. The number of hydrogen-bond donors (Lipinski definition) is 1. The lowest BCUT2D eigenvalue weighted by molar-refractivity contribution is 0.147. The summed E-state index contributed by atoms with van der Waals surface area (Å²) >= 11 is 6.35. The number of sulfonamides is 1. The van der Waals surface area contributed by atoms with Crippen LogP contribution in [0, 0.1) is 0 Å². The first kappa shape index (κ1) is 19.4. The molecule has 4 rings (SSSR count). The van der Waals surface area contributed by atoms with E-state index in [2.05, 4.69) is 9.93 Å². The largest absolute Gasteiger partial charge is 0.495 e. The molecule has 10 heteroatoms. The number of methoxy groups -OCH3 is 1. The Balaban J connectivity index is 1.99. The van der Waals surface area contributed by atoms with Crippen molar-refractivity contribution in [2.45, 2.75) is 11.3 Å². The Bertz CT molecular complexity index is 1330. The second kappa shape index (κ2) is 7.16. The van der Waals surface area contributed by atoms with Gasteiger partial charge < -0.3 is 4.74 Å². The summed E-state index contributed by atoms with van der Waals surface area (Å²) < 4.78 is 57.8. The quantitative estimate of drug-likeness (QED) is 0.490. The van der Waals surface area contributed by atoms with E-state index in [1.807, 2.05) is 0 Å². The van der Waals surface area contributed by atoms with Gasteiger partial charge in [0, 0.05) is 16.2 Å². The van der Waals surface area contributed by atoms with Gasteiger partial charge >= 0.3 is 0 Å². The SMILES string of the molecule is COc1ccc2c(ccc3c(C(F)F)nn(NS(=O)(=O)c4ccccc4)c32)c1Cl. The van der Waals surface area contributed by atoms with Crippen molar-refractivity contribution in [2.24, 2.45) is 0 Å². The van der Waals surface area contributed by atoms with E-state index < -0.39 is 22.1 Å². The van der Waals surface area contributed by atoms with Crippen LogP contribution in [0.25, 0.3) is 21.7 Å². The molecule has 0 saturated carbocycles. The van der Waals surface area contributed by atoms with Gasteiger partial charge in [-0.3, -0.25) is 0 Å². The van der Waals surface area contributed by atoms with Gasteiger partial charge in [0.15, 0.2) is 0 Å². The number of hydrogen-bond acceptors (Lipinski definition) is 4. The summed E-state index contributed by atoms with van der Waals surface area (Å²) in [5.74, 6) is 0.406. The molecular weight excluding hydrogens is 424 g/mol. The normalized spacial score (nSPS) is 12.0. The first-order valence-corrected chi connectivity index (χ1v) is 10.2. The Hall–Kier alpha value is -2.91. The van der Waals surface area contributed by atoms with Crippen LogP contribution >= 0.6 is 11.6 Å². The van der Waals surface area contributed by atoms with E-state index in [0.717, 1.165) is 4.79 Å². The molecule has 4 aromatic rings. The fourth-order valence-corrected chi connectivity index (χ4v) is 4.42. The van der Waals surface area contributed by atoms with Gasteiger partial charge in [0.1, 0.15) is 17.0 Å². The van der Waals surface area contributed by atoms with Crippen LogP contribution in [0.1, 0.15) is 12.1 Å². The molecule has 1 N–H and O–H groups in total. The van der Waals surface area contributed by atoms with Gasteiger partial charge in [-0.05, 0) is 30.3 Å². The van der Waals surface area contributed by atoms with Crippen molar-refractivity contribution in [1.29, 1.82) is 0 Å². The molecule has 0 radical (unpaired) electrons. The number of benzene rings is 3. The van der Waals surface area contributed by atoms with E-state index in [0.29, 0.717) is 16.5 Å². The number of halogens is 3. The van der Waals surface area contributed by atoms with Crippen molar-refractivity contribution in [2.75, 3.05) is 11.9 Å². The molecule has 0 atom stereocenters. The summed E-state index contributed by atoms with van der Waals surface area (Å²) in [6.07, 6.45) is -2.90. The van der Waals surface area contributed by atoms with Crippen LogP contribution < -0.4 is 9.57 Å². The third kappa shape index (κ3) is 3.26. The predicted octanol–water partition coefficient (Wildman–Crippen LogP) is 4.72. The van der Waals surface area contributed by atoms with Gasteiger partial charge in [0.25, 0.3) is 16.4 Å². The molecule has 0 unspecified atom stereocenters. The first-order valence-electron chi connectivity index (χ1n) is 8.37. The Labute approximate surface area is 169 Å². The molecular formula is C19H14ClF2N3O3S. The maximum atomic E-state index is 13.6. The van der Waals surface area contributed by atoms with Gasteiger partial charge in [-0.1, -0.05) is 35.9 Å². The van der Waals surface area contributed by atoms with Crippen molar-refractivity contribution < 1.29 is 21.9 Å². The van der Waals surface area contributed by atoms with Crippen molar-refractivity contribution in [1.82, 2.24) is 9.89 Å². The fourth-order valence-electron chi connectivity index (χ4n) is 3.13. The number of nitrogens with one attached hydrogen (secondary N) is 1. The van der Waals surface area contributed by atoms with Gasteiger partial charge in [0.2, 0.25) is 0 Å². The molecule has 0 aliphatic rings. The highest BCUT2D eigenvalue weighted by Gasteiger charge is 2.24. The molecule has 1 aromatic heterocycles. The molecule has 0 bridgehead atoms. The molecule has 0 fully saturated rings. The summed E-state index contributed by atoms with van der Waals surface area (Å²) in [6, 6.07) is 13.8. The molecule has 150 valence electrons. The monoisotopic (exact) mass is 437 g/mol. The standard InChI is InChI=1S/C19H14ClF2N3O3S/c1-28-15-10-9-13-12(16(15)20)7-8-14-17(19(21)22)23-25(18(13)14)24-29(26,27)11-5-3-2-4-6-11/h2-10,19,24H,1H3. The van der Waals surface area contributed by atoms with Crippen molar-refractivity contribution in [3.63, 3.8) is 0 Å². The Morgan fingerprint density at radius 2 is 1.69 bits per heavy atom. The summed E-state index contributed by atoms with van der Waals surface area (Å²) in [4.78, 5) is 3.09. The van der Waals surface area contributed by atoms with Crippen molar-refractivity contribution in [3.8, 4) is 5.75 Å². The van der Waals surface area contributed by atoms with Crippen molar-refractivity contribution >= 4 is 43.3 Å². The third-order valence-corrected chi connectivity index (χ3v) is 6.15. The number of rotatable bonds is 5. The zero-order chi connectivity index (χ0) is 20.8. The minimum Gasteiger partial charge on any atom is -0.495 e. The molecule has 29 heavy (non-hydrogen) atoms. The molecule has 0 aliphatic heterocycles. The lowest BCUT2D eigenvalue weighted by Gasteiger charge is -2.11. The van der Waals surface area contributed by atoms with Gasteiger partial charge in [-0.2, -0.15) is 18.0 Å². The van der Waals surface area contributed by atoms with E-state index in [1.165, 1.54) is 25.3 Å². The van der Waals surface area contributed by atoms with Gasteiger partial charge in [-0.15, -0.1) is 5.10 Å². The molecule has 0 spiro atoms. The second-order valence-electron chi connectivity index (χ2n) is 6.14. The average molecular weight is 438 g/mol. The van der Waals surface area contributed by atoms with Gasteiger partial charge in [-0.25, -0.2) is 8.78 Å². The number of ether oxygens (including phenoxy) is 1. The first-order chi connectivity index (χ1) is 13.8. The Morgan fingerprint density at radius 1 is 1.03 bits per heavy atom. The smallest absolute Gasteiger partial charge is 0.282 e. The van der Waals surface area contributed by atoms with E-state index in [4.69, 9.17) is 16.3 Å². The van der Waals surface area contributed by atoms with Crippen LogP contribution in [0.4, 0.5) is 8.78 Å². The highest BCUT2D eigenvalue weighted by Crippen LogP contribution is 2.38. The van der Waals surface area contributed by atoms with Crippen LogP contribution in [0.15, 0.2) is 59.5 Å². The highest BCUT2D eigenvalue weighted by molar-refractivity contribution is 7.92. The third-order valence-electron chi connectivity index (χ3n) is 4.45. The fraction of sp³-hybridized carbons (Fsp3) is 0.105. The van der Waals surface area contributed by atoms with Crippen molar-refractivity contribution in [3.05, 3.63) is 65.3 Å². The molecule has 3 aromatic carbocycles. The molecule has 0 amide bonds. The number of alkyl halides is 2. The summed E-state index contributed by atoms with van der Waals surface area (Å²) in [5, 5.41) is 5.18. The van der Waals surface area contributed by atoms with E-state index in [-0.39, 0.29) is 20.8 Å². The van der Waals surface area contributed by atoms with E-state index >= 15 is 0 Å². The van der Waals surface area contributed by atoms with E-state index in [9.17, 15) is 17.2 Å². The maximum absolute atomic E-state index is 13.6. The molecule has 1 heterocycles. The van der Waals surface area contributed by atoms with Crippen LogP contribution in [-0.2, 0) is 10.0 Å². The Morgan fingerprint density at radius 3 is 2.34 bits per heavy atom. The van der Waals surface area contributed by atoms with Crippen LogP contribution in [0.5, 0.6) is 5.75 Å². The van der Waals surface area contributed by atoms with E-state index in [1.54, 1.807) is 36.4 Å². The molecule has 0 aliphatic carbocycles. The number of aromatic nitrogens is 2. The number of fused-ring (bicyclic) bond motifs is 3. The second-order valence-corrected chi connectivity index (χ2v) is 8.18. The summed E-state index contributed by atoms with van der Waals surface area (Å²) in [5.41, 5.74) is -0.369. The highest BCUT2D eigenvalue weighted by atomic mass is 35.5. The lowest BCUT2D eigenvalue weighted by Crippen LogP contribution is -2.24. The topological polar surface area (TPSA) is 73.2 Å². The zero-order valence-electron chi connectivity index (χ0n) is 14.9. The van der Waals surface area contributed by atoms with Gasteiger partial charge in [0.05, 0.1) is 17.0 Å². The summed E-state index contributed by atoms with van der Waals surface area (Å²) in [6.45, 7) is 0. The van der Waals surface area contributed by atoms with Crippen LogP contribution in [0.2, 0.25) is 5.02 Å². The zero-order valence-corrected chi connectivity index (χ0v) is 16.5. The predicted molar refractivity (Wildman–Crippen MR) is 107 cm³/mol. The molecule has 0 saturated heterocycles. The lowest BCUT2D eigenvalue weighted by atomic mass is 10.1. The Kier molecular flexibility index (Phi) is 4.79.